The van der Waals surface area contributed by atoms with E-state index in [4.69, 9.17) is 22.1 Å². The Morgan fingerprint density at radius 1 is 1.36 bits per heavy atom. The van der Waals surface area contributed by atoms with Crippen molar-refractivity contribution in [3.05, 3.63) is 35.0 Å². The average molecular weight is 364 g/mol. The second-order valence-electron chi connectivity index (χ2n) is 6.42. The highest BCUT2D eigenvalue weighted by Crippen LogP contribution is 2.25. The molecule has 134 valence electrons. The molecule has 1 aromatic carbocycles. The molecule has 1 aromatic heterocycles. The molecule has 1 unspecified atom stereocenters. The minimum atomic E-state index is -0.272. The van der Waals surface area contributed by atoms with Gasteiger partial charge in [0, 0.05) is 28.0 Å². The van der Waals surface area contributed by atoms with Crippen molar-refractivity contribution in [2.24, 2.45) is 11.7 Å². The minimum Gasteiger partial charge on any atom is -0.466 e. The van der Waals surface area contributed by atoms with Gasteiger partial charge >= 0.3 is 5.97 Å². The van der Waals surface area contributed by atoms with Crippen LogP contribution in [0.25, 0.3) is 10.9 Å². The van der Waals surface area contributed by atoms with Gasteiger partial charge in [0.15, 0.2) is 0 Å². The summed E-state index contributed by atoms with van der Waals surface area (Å²) in [5, 5.41) is 4.48. The highest BCUT2D eigenvalue weighted by molar-refractivity contribution is 6.31. The molecule has 0 saturated heterocycles. The Hall–Kier alpha value is -2.05. The van der Waals surface area contributed by atoms with Gasteiger partial charge in [0.25, 0.3) is 5.91 Å². The van der Waals surface area contributed by atoms with Crippen LogP contribution in [0.15, 0.2) is 24.3 Å². The van der Waals surface area contributed by atoms with Crippen LogP contribution in [-0.2, 0) is 9.53 Å². The number of carbonyl (C=O) groups is 2. The predicted molar refractivity (Wildman–Crippen MR) is 96.5 cm³/mol. The molecule has 0 aliphatic heterocycles. The molecule has 1 aliphatic carbocycles. The summed E-state index contributed by atoms with van der Waals surface area (Å²) in [5.74, 6) is -0.587. The molecule has 1 amide bonds. The van der Waals surface area contributed by atoms with Gasteiger partial charge in [-0.1, -0.05) is 11.6 Å². The lowest BCUT2D eigenvalue weighted by Crippen LogP contribution is -2.52. The zero-order valence-corrected chi connectivity index (χ0v) is 14.8. The van der Waals surface area contributed by atoms with Crippen LogP contribution in [0.1, 0.15) is 36.7 Å². The molecule has 2 aromatic rings. The lowest BCUT2D eigenvalue weighted by molar-refractivity contribution is -0.149. The van der Waals surface area contributed by atoms with Gasteiger partial charge in [0.1, 0.15) is 5.69 Å². The minimum absolute atomic E-state index is 0.159. The van der Waals surface area contributed by atoms with E-state index in [1.54, 1.807) is 25.1 Å². The molecule has 1 aliphatic rings. The summed E-state index contributed by atoms with van der Waals surface area (Å²) in [6, 6.07) is 6.76. The van der Waals surface area contributed by atoms with Crippen LogP contribution >= 0.6 is 11.6 Å². The number of hydrogen-bond donors (Lipinski definition) is 3. The normalized spacial score (nSPS) is 23.4. The molecule has 25 heavy (non-hydrogen) atoms. The Morgan fingerprint density at radius 2 is 2.16 bits per heavy atom. The molecular weight excluding hydrogens is 342 g/mol. The Bertz CT molecular complexity index is 789. The summed E-state index contributed by atoms with van der Waals surface area (Å²) in [5.41, 5.74) is 7.50. The monoisotopic (exact) mass is 363 g/mol. The molecule has 4 N–H and O–H groups in total. The van der Waals surface area contributed by atoms with Crippen molar-refractivity contribution in [1.82, 2.24) is 10.3 Å². The Labute approximate surface area is 151 Å². The van der Waals surface area contributed by atoms with Crippen LogP contribution in [0.3, 0.4) is 0 Å². The summed E-state index contributed by atoms with van der Waals surface area (Å²) in [4.78, 5) is 27.4. The van der Waals surface area contributed by atoms with Crippen molar-refractivity contribution in [3.8, 4) is 0 Å². The summed E-state index contributed by atoms with van der Waals surface area (Å²) in [6.45, 7) is 2.16. The first-order valence-electron chi connectivity index (χ1n) is 8.49. The Kier molecular flexibility index (Phi) is 5.30. The van der Waals surface area contributed by atoms with E-state index in [0.717, 1.165) is 10.9 Å². The topological polar surface area (TPSA) is 97.2 Å². The van der Waals surface area contributed by atoms with Crippen LogP contribution in [0, 0.1) is 5.92 Å². The van der Waals surface area contributed by atoms with Crippen molar-refractivity contribution >= 4 is 34.4 Å². The fourth-order valence-electron chi connectivity index (χ4n) is 3.33. The molecule has 6 nitrogen and oxygen atoms in total. The van der Waals surface area contributed by atoms with Gasteiger partial charge in [-0.05, 0) is 50.5 Å². The van der Waals surface area contributed by atoms with Crippen molar-refractivity contribution in [2.75, 3.05) is 6.61 Å². The smallest absolute Gasteiger partial charge is 0.308 e. The Balaban J connectivity index is 1.63. The molecule has 0 spiro atoms. The van der Waals surface area contributed by atoms with E-state index in [1.165, 1.54) is 0 Å². The largest absolute Gasteiger partial charge is 0.466 e. The number of aromatic amines is 1. The van der Waals surface area contributed by atoms with E-state index in [-0.39, 0.29) is 29.9 Å². The SMILES string of the molecule is CCOC(=O)[C@H]1CC[C@H](NC(=O)c2cc3cc(Cl)ccc3[nH]2)C(N)C1. The van der Waals surface area contributed by atoms with Gasteiger partial charge in [-0.3, -0.25) is 9.59 Å². The Morgan fingerprint density at radius 3 is 2.88 bits per heavy atom. The number of aromatic nitrogens is 1. The fourth-order valence-corrected chi connectivity index (χ4v) is 3.51. The molecule has 0 radical (unpaired) electrons. The van der Waals surface area contributed by atoms with Crippen molar-refractivity contribution in [2.45, 2.75) is 38.3 Å². The number of fused-ring (bicyclic) bond motifs is 1. The fraction of sp³-hybridized carbons (Fsp3) is 0.444. The molecule has 1 fully saturated rings. The van der Waals surface area contributed by atoms with Crippen LogP contribution in [0.2, 0.25) is 5.02 Å². The van der Waals surface area contributed by atoms with Gasteiger partial charge in [-0.2, -0.15) is 0 Å². The molecule has 0 bridgehead atoms. The molecule has 7 heteroatoms. The summed E-state index contributed by atoms with van der Waals surface area (Å²) < 4.78 is 5.06. The first-order valence-corrected chi connectivity index (χ1v) is 8.87. The second kappa shape index (κ2) is 7.45. The van der Waals surface area contributed by atoms with Gasteiger partial charge in [-0.25, -0.2) is 0 Å². The number of nitrogens with one attached hydrogen (secondary N) is 2. The summed E-state index contributed by atoms with van der Waals surface area (Å²) >= 11 is 5.98. The lowest BCUT2D eigenvalue weighted by atomic mass is 9.82. The van der Waals surface area contributed by atoms with Gasteiger partial charge < -0.3 is 20.8 Å². The van der Waals surface area contributed by atoms with Crippen molar-refractivity contribution in [3.63, 3.8) is 0 Å². The first kappa shape index (κ1) is 17.8. The van der Waals surface area contributed by atoms with E-state index in [9.17, 15) is 9.59 Å². The molecule has 1 saturated carbocycles. The summed E-state index contributed by atoms with van der Waals surface area (Å²) in [6.07, 6.45) is 1.84. The zero-order valence-electron chi connectivity index (χ0n) is 14.0. The van der Waals surface area contributed by atoms with E-state index >= 15 is 0 Å². The number of hydrogen-bond acceptors (Lipinski definition) is 4. The first-order chi connectivity index (χ1) is 12.0. The van der Waals surface area contributed by atoms with Gasteiger partial charge in [-0.15, -0.1) is 0 Å². The predicted octanol–water partition coefficient (Wildman–Crippen LogP) is 2.61. The number of esters is 1. The average Bonchev–Trinajstić information content (AvgIpc) is 3.00. The zero-order chi connectivity index (χ0) is 18.0. The van der Waals surface area contributed by atoms with Gasteiger partial charge in [0.05, 0.1) is 12.5 Å². The number of nitrogens with two attached hydrogens (primary N) is 1. The quantitative estimate of drug-likeness (QED) is 0.727. The maximum absolute atomic E-state index is 12.5. The number of amides is 1. The third-order valence-electron chi connectivity index (χ3n) is 4.66. The van der Waals surface area contributed by atoms with Crippen LogP contribution in [0.5, 0.6) is 0 Å². The summed E-state index contributed by atoms with van der Waals surface area (Å²) in [7, 11) is 0. The number of rotatable bonds is 4. The van der Waals surface area contributed by atoms with E-state index in [1.807, 2.05) is 6.07 Å². The molecule has 3 rings (SSSR count). The maximum Gasteiger partial charge on any atom is 0.308 e. The third kappa shape index (κ3) is 3.96. The lowest BCUT2D eigenvalue weighted by Gasteiger charge is -2.33. The van der Waals surface area contributed by atoms with Gasteiger partial charge in [0.2, 0.25) is 0 Å². The van der Waals surface area contributed by atoms with Crippen LogP contribution in [0.4, 0.5) is 0 Å². The highest BCUT2D eigenvalue weighted by atomic mass is 35.5. The molecule has 3 atom stereocenters. The van der Waals surface area contributed by atoms with E-state index in [2.05, 4.69) is 10.3 Å². The number of ether oxygens (including phenoxy) is 1. The van der Waals surface area contributed by atoms with Crippen LogP contribution in [-0.4, -0.2) is 35.6 Å². The standard InChI is InChI=1S/C18H22ClN3O3/c1-2-25-18(24)10-3-5-15(13(20)8-10)22-17(23)16-9-11-7-12(19)4-6-14(11)21-16/h4,6-7,9-10,13,15,21H,2-3,5,8,20H2,1H3,(H,22,23)/t10-,13?,15-/m0/s1. The number of halogens is 1. The second-order valence-corrected chi connectivity index (χ2v) is 6.86. The third-order valence-corrected chi connectivity index (χ3v) is 4.90. The number of carbonyl (C=O) groups excluding carboxylic acids is 2. The van der Waals surface area contributed by atoms with Crippen LogP contribution < -0.4 is 11.1 Å². The maximum atomic E-state index is 12.5. The number of benzene rings is 1. The molecular formula is C18H22ClN3O3. The number of H-pyrrole nitrogens is 1. The van der Waals surface area contributed by atoms with Crippen molar-refractivity contribution in [1.29, 1.82) is 0 Å². The highest BCUT2D eigenvalue weighted by Gasteiger charge is 2.33. The molecule has 1 heterocycles. The van der Waals surface area contributed by atoms with Crippen molar-refractivity contribution < 1.29 is 14.3 Å². The van der Waals surface area contributed by atoms with E-state index < -0.39 is 0 Å². The van der Waals surface area contributed by atoms with E-state index in [0.29, 0.717) is 36.6 Å².